The average Bonchev–Trinajstić information content (AvgIpc) is 3.32. The summed E-state index contributed by atoms with van der Waals surface area (Å²) in [5.74, 6) is -0.941. The Hall–Kier alpha value is -2.35. The van der Waals surface area contributed by atoms with Gasteiger partial charge in [0.1, 0.15) is 17.8 Å². The Labute approximate surface area is 145 Å². The van der Waals surface area contributed by atoms with Crippen LogP contribution in [0.3, 0.4) is 0 Å². The Balaban J connectivity index is 1.68. The van der Waals surface area contributed by atoms with Crippen molar-refractivity contribution in [2.75, 3.05) is 13.1 Å². The maximum atomic E-state index is 12.8. The highest BCUT2D eigenvalue weighted by atomic mass is 16.4. The highest BCUT2D eigenvalue weighted by Gasteiger charge is 2.42. The van der Waals surface area contributed by atoms with E-state index in [-0.39, 0.29) is 18.2 Å². The molecule has 3 N–H and O–H groups in total. The zero-order valence-electron chi connectivity index (χ0n) is 14.0. The standard InChI is InChI=1S/C17H23N3O5/c18-12(10-11-4-3-9-25-11)15(21)19-7-1-5-13(19)16(22)20-8-2-6-14(20)17(23)24/h3-4,9,12-14H,1-2,5-8,10,18H2,(H,23,24)/t12-,13-,14-/m0/s1. The van der Waals surface area contributed by atoms with Gasteiger partial charge in [-0.2, -0.15) is 0 Å². The van der Waals surface area contributed by atoms with E-state index in [0.717, 1.165) is 0 Å². The van der Waals surface area contributed by atoms with Gasteiger partial charge in [0, 0.05) is 19.5 Å². The molecule has 0 radical (unpaired) electrons. The summed E-state index contributed by atoms with van der Waals surface area (Å²) in [6, 6.07) is 1.29. The van der Waals surface area contributed by atoms with E-state index in [9.17, 15) is 19.5 Å². The maximum absolute atomic E-state index is 12.8. The Morgan fingerprint density at radius 2 is 1.88 bits per heavy atom. The lowest BCUT2D eigenvalue weighted by molar-refractivity contribution is -0.152. The topological polar surface area (TPSA) is 117 Å². The zero-order chi connectivity index (χ0) is 18.0. The average molecular weight is 349 g/mol. The number of hydrogen-bond acceptors (Lipinski definition) is 5. The molecule has 8 nitrogen and oxygen atoms in total. The molecule has 2 aliphatic heterocycles. The van der Waals surface area contributed by atoms with Gasteiger partial charge in [0.25, 0.3) is 0 Å². The normalized spacial score (nSPS) is 24.5. The van der Waals surface area contributed by atoms with Crippen LogP contribution < -0.4 is 5.73 Å². The largest absolute Gasteiger partial charge is 0.480 e. The SMILES string of the molecule is N[C@@H](Cc1ccco1)C(=O)N1CCC[C@H]1C(=O)N1CCC[C@H]1C(=O)O. The Morgan fingerprint density at radius 3 is 2.52 bits per heavy atom. The zero-order valence-corrected chi connectivity index (χ0v) is 14.0. The number of carboxylic acids is 1. The first-order chi connectivity index (χ1) is 12.0. The van der Waals surface area contributed by atoms with Gasteiger partial charge in [-0.15, -0.1) is 0 Å². The minimum atomic E-state index is -0.990. The molecule has 8 heteroatoms. The van der Waals surface area contributed by atoms with Gasteiger partial charge in [-0.3, -0.25) is 9.59 Å². The first-order valence-electron chi connectivity index (χ1n) is 8.60. The molecule has 0 aromatic carbocycles. The quantitative estimate of drug-likeness (QED) is 0.785. The third kappa shape index (κ3) is 3.53. The smallest absolute Gasteiger partial charge is 0.326 e. The summed E-state index contributed by atoms with van der Waals surface area (Å²) in [5.41, 5.74) is 6.01. The molecular weight excluding hydrogens is 326 g/mol. The summed E-state index contributed by atoms with van der Waals surface area (Å²) >= 11 is 0. The Kier molecular flexibility index (Phi) is 5.08. The highest BCUT2D eigenvalue weighted by Crippen LogP contribution is 2.25. The molecule has 1 aromatic heterocycles. The molecular formula is C17H23N3O5. The second-order valence-corrected chi connectivity index (χ2v) is 6.61. The molecule has 136 valence electrons. The number of likely N-dealkylation sites (tertiary alicyclic amines) is 2. The first kappa shape index (κ1) is 17.5. The molecule has 3 rings (SSSR count). The predicted octanol–water partition coefficient (Wildman–Crippen LogP) is 0.216. The van der Waals surface area contributed by atoms with E-state index in [1.54, 1.807) is 12.1 Å². The molecule has 25 heavy (non-hydrogen) atoms. The number of carboxylic acid groups (broad SMARTS) is 1. The van der Waals surface area contributed by atoms with E-state index in [1.807, 2.05) is 0 Å². The minimum Gasteiger partial charge on any atom is -0.480 e. The molecule has 3 heterocycles. The summed E-state index contributed by atoms with van der Waals surface area (Å²) in [6.07, 6.45) is 4.17. The Bertz CT molecular complexity index is 645. The van der Waals surface area contributed by atoms with Crippen LogP contribution in [0.1, 0.15) is 31.4 Å². The van der Waals surface area contributed by atoms with Gasteiger partial charge in [0.15, 0.2) is 0 Å². The fourth-order valence-corrected chi connectivity index (χ4v) is 3.71. The second-order valence-electron chi connectivity index (χ2n) is 6.61. The van der Waals surface area contributed by atoms with Crippen LogP contribution in [0.25, 0.3) is 0 Å². The number of hydrogen-bond donors (Lipinski definition) is 2. The van der Waals surface area contributed by atoms with Crippen molar-refractivity contribution in [3.05, 3.63) is 24.2 Å². The van der Waals surface area contributed by atoms with Gasteiger partial charge in [0.2, 0.25) is 11.8 Å². The van der Waals surface area contributed by atoms with Crippen molar-refractivity contribution in [3.8, 4) is 0 Å². The summed E-state index contributed by atoms with van der Waals surface area (Å²) in [6.45, 7) is 0.888. The lowest BCUT2D eigenvalue weighted by Crippen LogP contribution is -2.54. The number of aliphatic carboxylic acids is 1. The Morgan fingerprint density at radius 1 is 1.20 bits per heavy atom. The molecule has 0 aliphatic carbocycles. The molecule has 2 aliphatic rings. The summed E-state index contributed by atoms with van der Waals surface area (Å²) in [4.78, 5) is 39.7. The van der Waals surface area contributed by atoms with Crippen molar-refractivity contribution in [1.82, 2.24) is 9.80 Å². The number of carbonyl (C=O) groups excluding carboxylic acids is 2. The number of rotatable bonds is 5. The van der Waals surface area contributed by atoms with Crippen molar-refractivity contribution < 1.29 is 23.9 Å². The van der Waals surface area contributed by atoms with Crippen LogP contribution in [0, 0.1) is 0 Å². The van der Waals surface area contributed by atoms with Crippen molar-refractivity contribution in [2.45, 2.75) is 50.2 Å². The van der Waals surface area contributed by atoms with E-state index >= 15 is 0 Å². The third-order valence-electron chi connectivity index (χ3n) is 4.96. The van der Waals surface area contributed by atoms with Crippen LogP contribution in [0.5, 0.6) is 0 Å². The van der Waals surface area contributed by atoms with Gasteiger partial charge in [0.05, 0.1) is 12.3 Å². The molecule has 0 saturated carbocycles. The molecule has 2 saturated heterocycles. The minimum absolute atomic E-state index is 0.269. The van der Waals surface area contributed by atoms with Gasteiger partial charge < -0.3 is 25.1 Å². The van der Waals surface area contributed by atoms with Crippen LogP contribution in [-0.4, -0.2) is 63.9 Å². The maximum Gasteiger partial charge on any atom is 0.326 e. The first-order valence-corrected chi connectivity index (χ1v) is 8.60. The van der Waals surface area contributed by atoms with Crippen LogP contribution in [0.4, 0.5) is 0 Å². The van der Waals surface area contributed by atoms with E-state index in [2.05, 4.69) is 0 Å². The van der Waals surface area contributed by atoms with Crippen LogP contribution >= 0.6 is 0 Å². The highest BCUT2D eigenvalue weighted by molar-refractivity contribution is 5.92. The number of nitrogens with zero attached hydrogens (tertiary/aromatic N) is 2. The van der Waals surface area contributed by atoms with E-state index < -0.39 is 24.1 Å². The van der Waals surface area contributed by atoms with Gasteiger partial charge in [-0.1, -0.05) is 0 Å². The lowest BCUT2D eigenvalue weighted by Gasteiger charge is -2.31. The van der Waals surface area contributed by atoms with Crippen molar-refractivity contribution in [2.24, 2.45) is 5.73 Å². The summed E-state index contributed by atoms with van der Waals surface area (Å²) in [7, 11) is 0. The van der Waals surface area contributed by atoms with Gasteiger partial charge in [-0.25, -0.2) is 4.79 Å². The molecule has 1 aromatic rings. The van der Waals surface area contributed by atoms with Gasteiger partial charge in [-0.05, 0) is 37.8 Å². The predicted molar refractivity (Wildman–Crippen MR) is 87.5 cm³/mol. The molecule has 3 atom stereocenters. The molecule has 2 amide bonds. The number of nitrogens with two attached hydrogens (primary N) is 1. The number of carbonyl (C=O) groups is 3. The van der Waals surface area contributed by atoms with Crippen molar-refractivity contribution in [1.29, 1.82) is 0 Å². The van der Waals surface area contributed by atoms with E-state index in [4.69, 9.17) is 10.2 Å². The van der Waals surface area contributed by atoms with E-state index in [0.29, 0.717) is 44.5 Å². The van der Waals surface area contributed by atoms with Crippen LogP contribution in [0.2, 0.25) is 0 Å². The number of amides is 2. The summed E-state index contributed by atoms with van der Waals surface area (Å²) < 4.78 is 5.22. The lowest BCUT2D eigenvalue weighted by atomic mass is 10.1. The summed E-state index contributed by atoms with van der Waals surface area (Å²) in [5, 5.41) is 9.28. The molecule has 0 unspecified atom stereocenters. The number of furan rings is 1. The molecule has 0 bridgehead atoms. The van der Waals surface area contributed by atoms with Crippen LogP contribution in [0.15, 0.2) is 22.8 Å². The molecule has 0 spiro atoms. The third-order valence-corrected chi connectivity index (χ3v) is 4.96. The fourth-order valence-electron chi connectivity index (χ4n) is 3.71. The van der Waals surface area contributed by atoms with Gasteiger partial charge >= 0.3 is 5.97 Å². The fraction of sp³-hybridized carbons (Fsp3) is 0.588. The monoisotopic (exact) mass is 349 g/mol. The second kappa shape index (κ2) is 7.26. The van der Waals surface area contributed by atoms with E-state index in [1.165, 1.54) is 16.1 Å². The van der Waals surface area contributed by atoms with Crippen molar-refractivity contribution in [3.63, 3.8) is 0 Å². The van der Waals surface area contributed by atoms with Crippen LogP contribution in [-0.2, 0) is 20.8 Å². The molecule has 2 fully saturated rings. The van der Waals surface area contributed by atoms with Crippen molar-refractivity contribution >= 4 is 17.8 Å².